The van der Waals surface area contributed by atoms with Gasteiger partial charge in [0.25, 0.3) is 0 Å². The summed E-state index contributed by atoms with van der Waals surface area (Å²) >= 11 is 0. The smallest absolute Gasteiger partial charge is 0.266 e. The van der Waals surface area contributed by atoms with Gasteiger partial charge >= 0.3 is 6.18 Å². The molecule has 0 aliphatic rings. The van der Waals surface area contributed by atoms with Crippen LogP contribution in [0.2, 0.25) is 0 Å². The maximum Gasteiger partial charge on any atom is 0.415 e. The van der Waals surface area contributed by atoms with Gasteiger partial charge in [0.1, 0.15) is 0 Å². The minimum atomic E-state index is -4.36. The highest BCUT2D eigenvalue weighted by molar-refractivity contribution is 5.58. The van der Waals surface area contributed by atoms with Gasteiger partial charge in [-0.1, -0.05) is 20.4 Å². The molecule has 80 valence electrons. The van der Waals surface area contributed by atoms with Crippen LogP contribution < -0.4 is 0 Å². The molecule has 0 spiro atoms. The van der Waals surface area contributed by atoms with Crippen LogP contribution in [0.5, 0.6) is 0 Å². The largest absolute Gasteiger partial charge is 0.415 e. The molecule has 0 saturated carbocycles. The quantitative estimate of drug-likeness (QED) is 0.488. The summed E-state index contributed by atoms with van der Waals surface area (Å²) in [5, 5.41) is 0. The van der Waals surface area contributed by atoms with Gasteiger partial charge in [-0.3, -0.25) is 4.99 Å². The minimum Gasteiger partial charge on any atom is -0.266 e. The molecule has 0 aliphatic carbocycles. The first-order valence-corrected chi connectivity index (χ1v) is 4.41. The lowest BCUT2D eigenvalue weighted by Crippen LogP contribution is -2.08. The van der Waals surface area contributed by atoms with E-state index in [-0.39, 0.29) is 0 Å². The number of halogens is 3. The van der Waals surface area contributed by atoms with Crippen molar-refractivity contribution in [3.8, 4) is 0 Å². The number of rotatable bonds is 4. The zero-order valence-corrected chi connectivity index (χ0v) is 8.36. The van der Waals surface area contributed by atoms with E-state index in [1.165, 1.54) is 0 Å². The van der Waals surface area contributed by atoms with E-state index in [2.05, 4.69) is 11.6 Å². The molecule has 0 atom stereocenters. The van der Waals surface area contributed by atoms with Gasteiger partial charge in [0.2, 0.25) is 0 Å². The fourth-order valence-electron chi connectivity index (χ4n) is 0.722. The highest BCUT2D eigenvalue weighted by Crippen LogP contribution is 2.26. The molecule has 0 rings (SSSR count). The van der Waals surface area contributed by atoms with Crippen molar-refractivity contribution in [1.82, 2.24) is 0 Å². The fraction of sp³-hybridized carbons (Fsp3) is 0.500. The van der Waals surface area contributed by atoms with Gasteiger partial charge in [0, 0.05) is 11.9 Å². The maximum absolute atomic E-state index is 12.1. The Balaban J connectivity index is 4.60. The third-order valence-corrected chi connectivity index (χ3v) is 1.51. The summed E-state index contributed by atoms with van der Waals surface area (Å²) in [6.45, 7) is 6.57. The molecule has 1 nitrogen and oxygen atoms in total. The van der Waals surface area contributed by atoms with Crippen LogP contribution in [0, 0.1) is 0 Å². The lowest BCUT2D eigenvalue weighted by atomic mass is 10.2. The van der Waals surface area contributed by atoms with Crippen LogP contribution in [0.1, 0.15) is 26.7 Å². The van der Waals surface area contributed by atoms with E-state index < -0.39 is 11.7 Å². The number of hydrogen-bond donors (Lipinski definition) is 0. The third-order valence-electron chi connectivity index (χ3n) is 1.51. The lowest BCUT2D eigenvalue weighted by Gasteiger charge is -2.06. The Morgan fingerprint density at radius 3 is 2.29 bits per heavy atom. The summed E-state index contributed by atoms with van der Waals surface area (Å²) in [7, 11) is 0. The van der Waals surface area contributed by atoms with Crippen molar-refractivity contribution >= 4 is 6.21 Å². The average Bonchev–Trinajstić information content (AvgIpc) is 2.10. The van der Waals surface area contributed by atoms with Crippen LogP contribution in [-0.4, -0.2) is 12.4 Å². The molecule has 0 fully saturated rings. The predicted molar refractivity (Wildman–Crippen MR) is 52.4 cm³/mol. The Morgan fingerprint density at radius 2 is 1.93 bits per heavy atom. The SMILES string of the molecule is C=C(/C=C(CC)/N=C\CC)C(F)(F)F. The molecular formula is C10H14F3N. The topological polar surface area (TPSA) is 12.4 Å². The summed E-state index contributed by atoms with van der Waals surface area (Å²) in [6, 6.07) is 0. The van der Waals surface area contributed by atoms with Crippen LogP contribution in [0.4, 0.5) is 13.2 Å². The normalized spacial score (nSPS) is 13.6. The van der Waals surface area contributed by atoms with E-state index in [9.17, 15) is 13.2 Å². The molecule has 0 amide bonds. The Hall–Kier alpha value is -1.06. The van der Waals surface area contributed by atoms with E-state index in [4.69, 9.17) is 0 Å². The van der Waals surface area contributed by atoms with Crippen LogP contribution >= 0.6 is 0 Å². The molecule has 14 heavy (non-hydrogen) atoms. The van der Waals surface area contributed by atoms with Gasteiger partial charge in [-0.25, -0.2) is 0 Å². The first kappa shape index (κ1) is 12.9. The molecule has 0 aliphatic heterocycles. The van der Waals surface area contributed by atoms with Crippen molar-refractivity contribution in [2.45, 2.75) is 32.9 Å². The van der Waals surface area contributed by atoms with E-state index in [0.29, 0.717) is 18.5 Å². The molecule has 0 unspecified atom stereocenters. The zero-order valence-electron chi connectivity index (χ0n) is 8.36. The molecule has 0 saturated heterocycles. The van der Waals surface area contributed by atoms with Gasteiger partial charge in [0.15, 0.2) is 0 Å². The highest BCUT2D eigenvalue weighted by atomic mass is 19.4. The molecule has 0 heterocycles. The number of allylic oxidation sites excluding steroid dienone is 3. The molecular weight excluding hydrogens is 191 g/mol. The molecule has 0 aromatic rings. The number of aliphatic imine (C=N–C) groups is 1. The predicted octanol–water partition coefficient (Wildman–Crippen LogP) is 3.88. The van der Waals surface area contributed by atoms with Crippen molar-refractivity contribution in [3.63, 3.8) is 0 Å². The second-order valence-corrected chi connectivity index (χ2v) is 2.73. The molecule has 0 N–H and O–H groups in total. The van der Waals surface area contributed by atoms with E-state index >= 15 is 0 Å². The van der Waals surface area contributed by atoms with E-state index in [0.717, 1.165) is 6.08 Å². The Labute approximate surface area is 82.0 Å². The average molecular weight is 205 g/mol. The van der Waals surface area contributed by atoms with Gasteiger partial charge in [-0.05, 0) is 18.9 Å². The Morgan fingerprint density at radius 1 is 1.36 bits per heavy atom. The second-order valence-electron chi connectivity index (χ2n) is 2.73. The number of nitrogens with zero attached hydrogens (tertiary/aromatic N) is 1. The third kappa shape index (κ3) is 4.84. The minimum absolute atomic E-state index is 0.397. The van der Waals surface area contributed by atoms with E-state index in [1.807, 2.05) is 6.92 Å². The monoisotopic (exact) mass is 205 g/mol. The number of hydrogen-bond acceptors (Lipinski definition) is 1. The highest BCUT2D eigenvalue weighted by Gasteiger charge is 2.30. The Kier molecular flexibility index (Phi) is 5.20. The van der Waals surface area contributed by atoms with Crippen molar-refractivity contribution < 1.29 is 13.2 Å². The number of alkyl halides is 3. The first-order chi connectivity index (χ1) is 6.41. The maximum atomic E-state index is 12.1. The first-order valence-electron chi connectivity index (χ1n) is 4.41. The Bertz CT molecular complexity index is 249. The van der Waals surface area contributed by atoms with Gasteiger partial charge < -0.3 is 0 Å². The molecule has 0 aromatic heterocycles. The standard InChI is InChI=1S/C10H14F3N/c1-4-6-14-9(5-2)7-8(3)10(11,12)13/h6-7H,3-5H2,1-2H3/b9-7+,14-6-. The van der Waals surface area contributed by atoms with Crippen molar-refractivity contribution in [2.24, 2.45) is 4.99 Å². The zero-order chi connectivity index (χ0) is 11.2. The van der Waals surface area contributed by atoms with Crippen molar-refractivity contribution in [1.29, 1.82) is 0 Å². The van der Waals surface area contributed by atoms with E-state index in [1.54, 1.807) is 13.1 Å². The summed E-state index contributed by atoms with van der Waals surface area (Å²) in [6.07, 6.45) is -0.630. The lowest BCUT2D eigenvalue weighted by molar-refractivity contribution is -0.0878. The summed E-state index contributed by atoms with van der Waals surface area (Å²) in [4.78, 5) is 3.89. The van der Waals surface area contributed by atoms with Gasteiger partial charge in [-0.15, -0.1) is 0 Å². The van der Waals surface area contributed by atoms with Crippen LogP contribution in [-0.2, 0) is 0 Å². The molecule has 0 radical (unpaired) electrons. The molecule has 0 aromatic carbocycles. The molecule has 0 bridgehead atoms. The summed E-state index contributed by atoms with van der Waals surface area (Å²) in [5.74, 6) is 0. The summed E-state index contributed by atoms with van der Waals surface area (Å²) < 4.78 is 36.2. The fourth-order valence-corrected chi connectivity index (χ4v) is 0.722. The van der Waals surface area contributed by atoms with Crippen LogP contribution in [0.25, 0.3) is 0 Å². The van der Waals surface area contributed by atoms with Crippen molar-refractivity contribution in [2.75, 3.05) is 0 Å². The van der Waals surface area contributed by atoms with Gasteiger partial charge in [-0.2, -0.15) is 13.2 Å². The molecule has 4 heteroatoms. The van der Waals surface area contributed by atoms with Crippen LogP contribution in [0.15, 0.2) is 28.9 Å². The van der Waals surface area contributed by atoms with Crippen molar-refractivity contribution in [3.05, 3.63) is 23.9 Å². The van der Waals surface area contributed by atoms with Gasteiger partial charge in [0.05, 0.1) is 5.57 Å². The summed E-state index contributed by atoms with van der Waals surface area (Å²) in [5.41, 5.74) is -0.461. The van der Waals surface area contributed by atoms with Crippen LogP contribution in [0.3, 0.4) is 0 Å². The second kappa shape index (κ2) is 5.62.